The van der Waals surface area contributed by atoms with E-state index in [1.54, 1.807) is 7.11 Å². The third kappa shape index (κ3) is 3.67. The number of nitrogens with one attached hydrogen (secondary N) is 1. The van der Waals surface area contributed by atoms with Gasteiger partial charge < -0.3 is 10.1 Å². The van der Waals surface area contributed by atoms with Crippen LogP contribution >= 0.6 is 31.9 Å². The normalized spacial score (nSPS) is 12.4. The molecule has 1 atom stereocenters. The van der Waals surface area contributed by atoms with E-state index in [1.807, 2.05) is 24.0 Å². The largest absolute Gasteiger partial charge is 0.496 e. The van der Waals surface area contributed by atoms with Crippen molar-refractivity contribution >= 4 is 31.9 Å². The van der Waals surface area contributed by atoms with E-state index in [-0.39, 0.29) is 6.04 Å². The Balaban J connectivity index is 2.43. The van der Waals surface area contributed by atoms with Gasteiger partial charge in [-0.05, 0) is 62.5 Å². The summed E-state index contributed by atoms with van der Waals surface area (Å²) in [7, 11) is 3.63. The minimum absolute atomic E-state index is 0.0778. The minimum atomic E-state index is 0.0778. The summed E-state index contributed by atoms with van der Waals surface area (Å²) in [5, 5.41) is 7.90. The van der Waals surface area contributed by atoms with E-state index in [0.29, 0.717) is 0 Å². The van der Waals surface area contributed by atoms with E-state index >= 15 is 0 Å². The van der Waals surface area contributed by atoms with Crippen LogP contribution in [0, 0.1) is 0 Å². The van der Waals surface area contributed by atoms with Crippen LogP contribution in [-0.2, 0) is 7.05 Å². The van der Waals surface area contributed by atoms with Gasteiger partial charge in [0.2, 0.25) is 0 Å². The second kappa shape index (κ2) is 7.42. The Kier molecular flexibility index (Phi) is 5.84. The highest BCUT2D eigenvalue weighted by molar-refractivity contribution is 9.10. The van der Waals surface area contributed by atoms with Gasteiger partial charge in [-0.3, -0.25) is 4.68 Å². The summed E-state index contributed by atoms with van der Waals surface area (Å²) in [4.78, 5) is 0. The van der Waals surface area contributed by atoms with E-state index in [2.05, 4.69) is 61.3 Å². The SMILES string of the molecule is CCCNC(c1ccc(OC)c(Br)c1)c1c(Br)cnn1C. The number of aryl methyl sites for hydroxylation is 1. The molecular weight excluding hydrogens is 398 g/mol. The molecule has 1 heterocycles. The second-order valence-electron chi connectivity index (χ2n) is 4.78. The lowest BCUT2D eigenvalue weighted by Crippen LogP contribution is -2.25. The zero-order chi connectivity index (χ0) is 15.4. The summed E-state index contributed by atoms with van der Waals surface area (Å²) >= 11 is 7.15. The van der Waals surface area contributed by atoms with Crippen LogP contribution in [0.15, 0.2) is 33.3 Å². The van der Waals surface area contributed by atoms with Crippen molar-refractivity contribution in [3.05, 3.63) is 44.6 Å². The molecule has 114 valence electrons. The average Bonchev–Trinajstić information content (AvgIpc) is 2.80. The highest BCUT2D eigenvalue weighted by Crippen LogP contribution is 2.33. The fourth-order valence-corrected chi connectivity index (χ4v) is 3.40. The Bertz CT molecular complexity index is 593. The molecule has 1 N–H and O–H groups in total. The standard InChI is InChI=1S/C15H19Br2N3O/c1-4-7-18-14(15-12(17)9-19-20(15)2)10-5-6-13(21-3)11(16)8-10/h5-6,8-9,14,18H,4,7H2,1-3H3. The summed E-state index contributed by atoms with van der Waals surface area (Å²) in [5.74, 6) is 0.831. The monoisotopic (exact) mass is 415 g/mol. The number of benzene rings is 1. The third-order valence-corrected chi connectivity index (χ3v) is 4.55. The molecule has 0 aliphatic carbocycles. The van der Waals surface area contributed by atoms with Crippen LogP contribution in [0.25, 0.3) is 0 Å². The third-order valence-electron chi connectivity index (χ3n) is 3.32. The summed E-state index contributed by atoms with van der Waals surface area (Å²) in [5.41, 5.74) is 2.28. The van der Waals surface area contributed by atoms with Gasteiger partial charge in [0.15, 0.2) is 0 Å². The fraction of sp³-hybridized carbons (Fsp3) is 0.400. The summed E-state index contributed by atoms with van der Waals surface area (Å²) in [6, 6.07) is 6.22. The van der Waals surface area contributed by atoms with Crippen molar-refractivity contribution in [3.8, 4) is 5.75 Å². The number of halogens is 2. The number of aromatic nitrogens is 2. The zero-order valence-electron chi connectivity index (χ0n) is 12.4. The van der Waals surface area contributed by atoms with Crippen molar-refractivity contribution in [2.75, 3.05) is 13.7 Å². The Hall–Kier alpha value is -0.850. The first-order chi connectivity index (χ1) is 10.1. The molecule has 6 heteroatoms. The number of ether oxygens (including phenoxy) is 1. The first-order valence-corrected chi connectivity index (χ1v) is 8.41. The summed E-state index contributed by atoms with van der Waals surface area (Å²) in [6.45, 7) is 3.10. The quantitative estimate of drug-likeness (QED) is 0.772. The van der Waals surface area contributed by atoms with Crippen LogP contribution < -0.4 is 10.1 Å². The van der Waals surface area contributed by atoms with Crippen LogP contribution in [0.5, 0.6) is 5.75 Å². The van der Waals surface area contributed by atoms with Crippen molar-refractivity contribution in [3.63, 3.8) is 0 Å². The Morgan fingerprint density at radius 1 is 1.33 bits per heavy atom. The first kappa shape index (κ1) is 16.5. The predicted molar refractivity (Wildman–Crippen MR) is 91.7 cm³/mol. The van der Waals surface area contributed by atoms with E-state index < -0.39 is 0 Å². The van der Waals surface area contributed by atoms with E-state index in [0.717, 1.165) is 33.4 Å². The van der Waals surface area contributed by atoms with Crippen LogP contribution in [0.3, 0.4) is 0 Å². The zero-order valence-corrected chi connectivity index (χ0v) is 15.5. The molecule has 21 heavy (non-hydrogen) atoms. The smallest absolute Gasteiger partial charge is 0.133 e. The molecule has 0 bridgehead atoms. The van der Waals surface area contributed by atoms with Gasteiger partial charge in [0, 0.05) is 7.05 Å². The molecule has 0 fully saturated rings. The van der Waals surface area contributed by atoms with Crippen LogP contribution in [0.4, 0.5) is 0 Å². The van der Waals surface area contributed by atoms with Crippen molar-refractivity contribution in [2.45, 2.75) is 19.4 Å². The van der Waals surface area contributed by atoms with Gasteiger partial charge in [-0.15, -0.1) is 0 Å². The molecule has 2 rings (SSSR count). The van der Waals surface area contributed by atoms with Gasteiger partial charge in [-0.2, -0.15) is 5.10 Å². The van der Waals surface area contributed by atoms with Gasteiger partial charge in [-0.25, -0.2) is 0 Å². The highest BCUT2D eigenvalue weighted by Gasteiger charge is 2.21. The van der Waals surface area contributed by atoms with Crippen LogP contribution in [-0.4, -0.2) is 23.4 Å². The lowest BCUT2D eigenvalue weighted by molar-refractivity contribution is 0.411. The molecule has 0 radical (unpaired) electrons. The molecule has 4 nitrogen and oxygen atoms in total. The van der Waals surface area contributed by atoms with Gasteiger partial charge in [0.25, 0.3) is 0 Å². The number of hydrogen-bond acceptors (Lipinski definition) is 3. The van der Waals surface area contributed by atoms with E-state index in [1.165, 1.54) is 5.56 Å². The molecule has 0 amide bonds. The maximum absolute atomic E-state index is 5.30. The Morgan fingerprint density at radius 3 is 2.62 bits per heavy atom. The molecule has 0 spiro atoms. The number of rotatable bonds is 6. The lowest BCUT2D eigenvalue weighted by atomic mass is 10.0. The van der Waals surface area contributed by atoms with Gasteiger partial charge >= 0.3 is 0 Å². The highest BCUT2D eigenvalue weighted by atomic mass is 79.9. The Labute approximate surface area is 142 Å². The molecule has 0 saturated heterocycles. The maximum Gasteiger partial charge on any atom is 0.133 e. The lowest BCUT2D eigenvalue weighted by Gasteiger charge is -2.21. The van der Waals surface area contributed by atoms with Gasteiger partial charge in [-0.1, -0.05) is 13.0 Å². The van der Waals surface area contributed by atoms with E-state index in [9.17, 15) is 0 Å². The minimum Gasteiger partial charge on any atom is -0.496 e. The second-order valence-corrected chi connectivity index (χ2v) is 6.49. The summed E-state index contributed by atoms with van der Waals surface area (Å²) < 4.78 is 9.16. The molecular formula is C15H19Br2N3O. The van der Waals surface area contributed by atoms with Crippen molar-refractivity contribution in [2.24, 2.45) is 7.05 Å². The van der Waals surface area contributed by atoms with Crippen molar-refractivity contribution in [1.29, 1.82) is 0 Å². The Morgan fingerprint density at radius 2 is 2.10 bits per heavy atom. The first-order valence-electron chi connectivity index (χ1n) is 6.82. The number of nitrogens with zero attached hydrogens (tertiary/aromatic N) is 2. The molecule has 1 unspecified atom stereocenters. The van der Waals surface area contributed by atoms with Gasteiger partial charge in [0.1, 0.15) is 5.75 Å². The predicted octanol–water partition coefficient (Wildman–Crippen LogP) is 4.04. The van der Waals surface area contributed by atoms with Crippen LogP contribution in [0.2, 0.25) is 0 Å². The number of methoxy groups -OCH3 is 1. The van der Waals surface area contributed by atoms with Crippen molar-refractivity contribution < 1.29 is 4.74 Å². The molecule has 0 aliphatic heterocycles. The van der Waals surface area contributed by atoms with Crippen molar-refractivity contribution in [1.82, 2.24) is 15.1 Å². The molecule has 2 aromatic rings. The molecule has 1 aromatic carbocycles. The van der Waals surface area contributed by atoms with Crippen LogP contribution in [0.1, 0.15) is 30.6 Å². The number of hydrogen-bond donors (Lipinski definition) is 1. The molecule has 0 saturated carbocycles. The summed E-state index contributed by atoms with van der Waals surface area (Å²) in [6.07, 6.45) is 2.90. The van der Waals surface area contributed by atoms with E-state index in [4.69, 9.17) is 4.74 Å². The molecule has 1 aromatic heterocycles. The topological polar surface area (TPSA) is 39.1 Å². The molecule has 0 aliphatic rings. The van der Waals surface area contributed by atoms with Gasteiger partial charge in [0.05, 0.1) is 34.0 Å². The average molecular weight is 417 g/mol. The maximum atomic E-state index is 5.30. The fourth-order valence-electron chi connectivity index (χ4n) is 2.27.